The third-order valence-electron chi connectivity index (χ3n) is 2.38. The van der Waals surface area contributed by atoms with Crippen molar-refractivity contribution in [2.75, 3.05) is 17.7 Å². The molecule has 1 aromatic carbocycles. The fourth-order valence-electron chi connectivity index (χ4n) is 1.48. The van der Waals surface area contributed by atoms with Crippen LogP contribution in [0.25, 0.3) is 0 Å². The maximum Gasteiger partial charge on any atom is 0.328 e. The number of carbonyl (C=O) groups is 1. The molecule has 7 nitrogen and oxygen atoms in total. The number of primary sulfonamides is 1. The van der Waals surface area contributed by atoms with Crippen molar-refractivity contribution >= 4 is 27.4 Å². The topological polar surface area (TPSA) is 125 Å². The van der Waals surface area contributed by atoms with Crippen LogP contribution in [0.3, 0.4) is 0 Å². The van der Waals surface area contributed by atoms with Gasteiger partial charge in [-0.2, -0.15) is 0 Å². The highest BCUT2D eigenvalue weighted by atomic mass is 32.2. The number of anilines is 2. The smallest absolute Gasteiger partial charge is 0.328 e. The molecule has 0 fully saturated rings. The number of rotatable bonds is 5. The van der Waals surface area contributed by atoms with Gasteiger partial charge in [-0.05, 0) is 26.0 Å². The lowest BCUT2D eigenvalue weighted by atomic mass is 10.2. The lowest BCUT2D eigenvalue weighted by Gasteiger charge is -2.16. The second-order valence-corrected chi connectivity index (χ2v) is 5.41. The first kappa shape index (κ1) is 15.3. The molecule has 1 unspecified atom stereocenters. The van der Waals surface area contributed by atoms with Gasteiger partial charge < -0.3 is 15.8 Å². The number of ether oxygens (including phenoxy) is 1. The highest BCUT2D eigenvalue weighted by Crippen LogP contribution is 2.26. The number of esters is 1. The van der Waals surface area contributed by atoms with Crippen LogP contribution in [0, 0.1) is 0 Å². The molecule has 0 amide bonds. The molecule has 0 aliphatic carbocycles. The molecule has 1 aromatic rings. The predicted octanol–water partition coefficient (Wildman–Crippen LogP) is 0.280. The van der Waals surface area contributed by atoms with E-state index in [0.29, 0.717) is 5.69 Å². The van der Waals surface area contributed by atoms with Gasteiger partial charge in [0, 0.05) is 0 Å². The highest BCUT2D eigenvalue weighted by molar-refractivity contribution is 7.89. The van der Waals surface area contributed by atoms with Crippen molar-refractivity contribution in [1.82, 2.24) is 0 Å². The Bertz CT molecular complexity index is 571. The minimum absolute atomic E-state index is 0.0267. The van der Waals surface area contributed by atoms with E-state index in [0.717, 1.165) is 0 Å². The second kappa shape index (κ2) is 5.89. The van der Waals surface area contributed by atoms with Crippen LogP contribution < -0.4 is 16.2 Å². The SMILES string of the molecule is CCOC(=O)C(C)Nc1cccc(S(N)(=O)=O)c1N. The van der Waals surface area contributed by atoms with Crippen LogP contribution in [-0.2, 0) is 19.6 Å². The molecule has 0 saturated heterocycles. The Balaban J connectivity index is 3.01. The van der Waals surface area contributed by atoms with E-state index < -0.39 is 22.0 Å². The van der Waals surface area contributed by atoms with Gasteiger partial charge in [-0.25, -0.2) is 18.4 Å². The third-order valence-corrected chi connectivity index (χ3v) is 3.35. The van der Waals surface area contributed by atoms with Gasteiger partial charge in [0.05, 0.1) is 18.0 Å². The third kappa shape index (κ3) is 3.83. The molecule has 8 heteroatoms. The molecule has 0 aliphatic rings. The molecule has 0 saturated carbocycles. The van der Waals surface area contributed by atoms with E-state index in [1.54, 1.807) is 19.9 Å². The standard InChI is InChI=1S/C11H17N3O4S/c1-3-18-11(15)7(2)14-8-5-4-6-9(10(8)12)19(13,16)17/h4-7,14H,3,12H2,1-2H3,(H2,13,16,17). The van der Waals surface area contributed by atoms with Crippen LogP contribution in [0.15, 0.2) is 23.1 Å². The van der Waals surface area contributed by atoms with Crippen LogP contribution in [0.2, 0.25) is 0 Å². The normalized spacial score (nSPS) is 12.8. The molecular weight excluding hydrogens is 270 g/mol. The van der Waals surface area contributed by atoms with Gasteiger partial charge in [-0.3, -0.25) is 0 Å². The number of hydrogen-bond acceptors (Lipinski definition) is 6. The molecule has 0 bridgehead atoms. The van der Waals surface area contributed by atoms with E-state index in [1.807, 2.05) is 0 Å². The van der Waals surface area contributed by atoms with Crippen molar-refractivity contribution < 1.29 is 17.9 Å². The van der Waals surface area contributed by atoms with Gasteiger partial charge in [0.25, 0.3) is 0 Å². The Morgan fingerprint density at radius 2 is 2.11 bits per heavy atom. The molecule has 19 heavy (non-hydrogen) atoms. The van der Waals surface area contributed by atoms with Gasteiger partial charge in [0.2, 0.25) is 10.0 Å². The Kier molecular flexibility index (Phi) is 4.73. The van der Waals surface area contributed by atoms with Crippen LogP contribution in [0.1, 0.15) is 13.8 Å². The van der Waals surface area contributed by atoms with Crippen molar-refractivity contribution in [3.8, 4) is 0 Å². The summed E-state index contributed by atoms with van der Waals surface area (Å²) in [6, 6.07) is 3.68. The molecule has 0 radical (unpaired) electrons. The maximum absolute atomic E-state index is 11.5. The first-order chi connectivity index (χ1) is 8.77. The Morgan fingerprint density at radius 3 is 2.63 bits per heavy atom. The van der Waals surface area contributed by atoms with Crippen molar-refractivity contribution in [3.05, 3.63) is 18.2 Å². The zero-order chi connectivity index (χ0) is 14.6. The predicted molar refractivity (Wildman–Crippen MR) is 71.9 cm³/mol. The lowest BCUT2D eigenvalue weighted by Crippen LogP contribution is -2.28. The van der Waals surface area contributed by atoms with Crippen LogP contribution >= 0.6 is 0 Å². The molecular formula is C11H17N3O4S. The summed E-state index contributed by atoms with van der Waals surface area (Å²) in [6.45, 7) is 3.54. The first-order valence-corrected chi connectivity index (χ1v) is 7.16. The largest absolute Gasteiger partial charge is 0.464 e. The average Bonchev–Trinajstić information content (AvgIpc) is 2.30. The maximum atomic E-state index is 11.5. The van der Waals surface area contributed by atoms with E-state index in [1.165, 1.54) is 12.1 Å². The zero-order valence-electron chi connectivity index (χ0n) is 10.7. The Hall–Kier alpha value is -1.80. The molecule has 1 atom stereocenters. The number of para-hydroxylation sites is 1. The number of sulfonamides is 1. The van der Waals surface area contributed by atoms with Gasteiger partial charge in [0.15, 0.2) is 0 Å². The van der Waals surface area contributed by atoms with E-state index in [-0.39, 0.29) is 17.2 Å². The molecule has 1 rings (SSSR count). The van der Waals surface area contributed by atoms with Crippen LogP contribution in [0.5, 0.6) is 0 Å². The summed E-state index contributed by atoms with van der Waals surface area (Å²) in [6.07, 6.45) is 0. The molecule has 0 aromatic heterocycles. The fraction of sp³-hybridized carbons (Fsp3) is 0.364. The van der Waals surface area contributed by atoms with Gasteiger partial charge in [0.1, 0.15) is 10.9 Å². The Labute approximate surface area is 112 Å². The number of benzene rings is 1. The lowest BCUT2D eigenvalue weighted by molar-refractivity contribution is -0.143. The number of hydrogen-bond donors (Lipinski definition) is 3. The van der Waals surface area contributed by atoms with Crippen molar-refractivity contribution in [1.29, 1.82) is 0 Å². The summed E-state index contributed by atoms with van der Waals surface area (Å²) < 4.78 is 27.4. The van der Waals surface area contributed by atoms with Crippen molar-refractivity contribution in [2.45, 2.75) is 24.8 Å². The summed E-state index contributed by atoms with van der Waals surface area (Å²) in [4.78, 5) is 11.3. The zero-order valence-corrected chi connectivity index (χ0v) is 11.5. The minimum atomic E-state index is -3.90. The summed E-state index contributed by atoms with van der Waals surface area (Å²) in [5, 5.41) is 7.83. The Morgan fingerprint density at radius 1 is 1.47 bits per heavy atom. The van der Waals surface area contributed by atoms with Crippen LogP contribution in [0.4, 0.5) is 11.4 Å². The van der Waals surface area contributed by atoms with Crippen molar-refractivity contribution in [2.24, 2.45) is 5.14 Å². The molecule has 0 spiro atoms. The first-order valence-electron chi connectivity index (χ1n) is 5.61. The van der Waals surface area contributed by atoms with E-state index >= 15 is 0 Å². The number of carbonyl (C=O) groups excluding carboxylic acids is 1. The quantitative estimate of drug-likeness (QED) is 0.527. The highest BCUT2D eigenvalue weighted by Gasteiger charge is 2.18. The summed E-state index contributed by atoms with van der Waals surface area (Å²) >= 11 is 0. The fourth-order valence-corrected chi connectivity index (χ4v) is 2.16. The molecule has 106 valence electrons. The van der Waals surface area contributed by atoms with Gasteiger partial charge in [-0.1, -0.05) is 6.07 Å². The molecule has 0 heterocycles. The molecule has 5 N–H and O–H groups in total. The van der Waals surface area contributed by atoms with E-state index in [9.17, 15) is 13.2 Å². The second-order valence-electron chi connectivity index (χ2n) is 3.88. The van der Waals surface area contributed by atoms with E-state index in [2.05, 4.69) is 5.32 Å². The van der Waals surface area contributed by atoms with Gasteiger partial charge >= 0.3 is 5.97 Å². The summed E-state index contributed by atoms with van der Waals surface area (Å²) in [5.41, 5.74) is 6.00. The number of nitrogen functional groups attached to an aromatic ring is 1. The summed E-state index contributed by atoms with van der Waals surface area (Å²) in [5.74, 6) is -0.456. The van der Waals surface area contributed by atoms with Crippen LogP contribution in [-0.4, -0.2) is 27.0 Å². The number of nitrogens with one attached hydrogen (secondary N) is 1. The monoisotopic (exact) mass is 287 g/mol. The minimum Gasteiger partial charge on any atom is -0.464 e. The van der Waals surface area contributed by atoms with Gasteiger partial charge in [-0.15, -0.1) is 0 Å². The average molecular weight is 287 g/mol. The summed E-state index contributed by atoms with van der Waals surface area (Å²) in [7, 11) is -3.90. The molecule has 0 aliphatic heterocycles. The number of nitrogens with two attached hydrogens (primary N) is 2. The van der Waals surface area contributed by atoms with E-state index in [4.69, 9.17) is 15.6 Å². The van der Waals surface area contributed by atoms with Crippen molar-refractivity contribution in [3.63, 3.8) is 0 Å².